The Hall–Kier alpha value is -2.87. The van der Waals surface area contributed by atoms with E-state index >= 15 is 0 Å². The van der Waals surface area contributed by atoms with Crippen LogP contribution in [0.3, 0.4) is 0 Å². The number of primary amides is 2. The molecular formula is C19H34N6O7S. The number of thiol groups is 1. The number of amides is 5. The molecule has 4 unspecified atom stereocenters. The van der Waals surface area contributed by atoms with E-state index in [0.29, 0.717) is 0 Å². The minimum absolute atomic E-state index is 0.000729. The quantitative estimate of drug-likeness (QED) is 0.106. The minimum Gasteiger partial charge on any atom is -0.480 e. The van der Waals surface area contributed by atoms with E-state index < -0.39 is 59.7 Å². The summed E-state index contributed by atoms with van der Waals surface area (Å²) in [5.41, 5.74) is 15.8. The van der Waals surface area contributed by atoms with Crippen LogP contribution in [0, 0.1) is 5.92 Å². The second kappa shape index (κ2) is 15.1. The summed E-state index contributed by atoms with van der Waals surface area (Å²) in [7, 11) is 0. The van der Waals surface area contributed by atoms with Crippen LogP contribution >= 0.6 is 12.6 Å². The molecule has 0 aliphatic carbocycles. The van der Waals surface area contributed by atoms with Crippen LogP contribution in [-0.2, 0) is 28.8 Å². The Labute approximate surface area is 197 Å². The molecule has 0 fully saturated rings. The van der Waals surface area contributed by atoms with Crippen molar-refractivity contribution in [2.45, 2.75) is 70.1 Å². The van der Waals surface area contributed by atoms with Gasteiger partial charge in [0.1, 0.15) is 18.1 Å². The molecule has 13 nitrogen and oxygen atoms in total. The zero-order valence-electron chi connectivity index (χ0n) is 18.7. The van der Waals surface area contributed by atoms with Gasteiger partial charge in [-0.2, -0.15) is 12.6 Å². The second-order valence-corrected chi connectivity index (χ2v) is 8.32. The van der Waals surface area contributed by atoms with E-state index in [1.807, 2.05) is 13.8 Å². The molecule has 0 aliphatic heterocycles. The topological polar surface area (TPSA) is 237 Å². The lowest BCUT2D eigenvalue weighted by molar-refractivity contribution is -0.142. The molecule has 0 aromatic heterocycles. The highest BCUT2D eigenvalue weighted by atomic mass is 32.1. The van der Waals surface area contributed by atoms with Gasteiger partial charge in [0.2, 0.25) is 29.5 Å². The zero-order valence-corrected chi connectivity index (χ0v) is 19.6. The predicted octanol–water partition coefficient (Wildman–Crippen LogP) is -2.64. The predicted molar refractivity (Wildman–Crippen MR) is 122 cm³/mol. The molecule has 0 aromatic rings. The van der Waals surface area contributed by atoms with Crippen molar-refractivity contribution in [3.63, 3.8) is 0 Å². The minimum atomic E-state index is -1.39. The number of carboxylic acid groups (broad SMARTS) is 1. The standard InChI is InChI=1S/C19H34N6O7S/c1-9(2)7-12(24-16(28)10(20)3-5-14(21)26)17(29)25-13(8-33)18(30)23-11(19(31)32)4-6-15(22)27/h9-13,33H,3-8,20H2,1-2H3,(H2,21,26)(H2,22,27)(H,23,30)(H,24,28)(H,25,29)(H,31,32). The van der Waals surface area contributed by atoms with E-state index in [0.717, 1.165) is 0 Å². The first kappa shape index (κ1) is 30.1. The van der Waals surface area contributed by atoms with Gasteiger partial charge in [0.15, 0.2) is 0 Å². The summed E-state index contributed by atoms with van der Waals surface area (Å²) in [5.74, 6) is -5.09. The molecule has 14 heteroatoms. The largest absolute Gasteiger partial charge is 0.480 e. The van der Waals surface area contributed by atoms with Crippen molar-refractivity contribution in [1.29, 1.82) is 0 Å². The summed E-state index contributed by atoms with van der Waals surface area (Å²) < 4.78 is 0. The fourth-order valence-corrected chi connectivity index (χ4v) is 2.95. The first-order valence-corrected chi connectivity index (χ1v) is 11.0. The van der Waals surface area contributed by atoms with Gasteiger partial charge in [0.05, 0.1) is 6.04 Å². The third-order valence-electron chi connectivity index (χ3n) is 4.49. The molecule has 0 radical (unpaired) electrons. The van der Waals surface area contributed by atoms with Gasteiger partial charge in [-0.3, -0.25) is 24.0 Å². The summed E-state index contributed by atoms with van der Waals surface area (Å²) in [4.78, 5) is 70.7. The van der Waals surface area contributed by atoms with E-state index in [4.69, 9.17) is 17.2 Å². The number of hydrogen-bond donors (Lipinski definition) is 8. The molecule has 5 amide bonds. The van der Waals surface area contributed by atoms with Gasteiger partial charge in [-0.25, -0.2) is 4.79 Å². The van der Waals surface area contributed by atoms with Gasteiger partial charge in [0.25, 0.3) is 0 Å². The Balaban J connectivity index is 5.22. The normalized spacial score (nSPS) is 14.5. The van der Waals surface area contributed by atoms with Crippen LogP contribution in [0.4, 0.5) is 0 Å². The fraction of sp³-hybridized carbons (Fsp3) is 0.684. The number of hydrogen-bond acceptors (Lipinski definition) is 8. The number of carbonyl (C=O) groups is 6. The van der Waals surface area contributed by atoms with Gasteiger partial charge in [-0.15, -0.1) is 0 Å². The Kier molecular flexibility index (Phi) is 13.7. The smallest absolute Gasteiger partial charge is 0.326 e. The van der Waals surface area contributed by atoms with Gasteiger partial charge >= 0.3 is 5.97 Å². The average Bonchev–Trinajstić information content (AvgIpc) is 2.71. The lowest BCUT2D eigenvalue weighted by atomic mass is 10.0. The number of nitrogens with two attached hydrogens (primary N) is 3. The summed E-state index contributed by atoms with van der Waals surface area (Å²) in [6.45, 7) is 3.64. The molecule has 0 saturated heterocycles. The van der Waals surface area contributed by atoms with E-state index in [1.54, 1.807) is 0 Å². The second-order valence-electron chi connectivity index (χ2n) is 7.95. The number of aliphatic carboxylic acids is 1. The maximum absolute atomic E-state index is 12.8. The van der Waals surface area contributed by atoms with E-state index in [2.05, 4.69) is 28.6 Å². The maximum atomic E-state index is 12.8. The summed E-state index contributed by atoms with van der Waals surface area (Å²) in [5, 5.41) is 16.4. The van der Waals surface area contributed by atoms with Crippen molar-refractivity contribution in [1.82, 2.24) is 16.0 Å². The fourth-order valence-electron chi connectivity index (χ4n) is 2.69. The number of carboxylic acids is 1. The van der Waals surface area contributed by atoms with Crippen LogP contribution < -0.4 is 33.2 Å². The van der Waals surface area contributed by atoms with Crippen molar-refractivity contribution in [3.05, 3.63) is 0 Å². The molecule has 0 rings (SSSR count). The van der Waals surface area contributed by atoms with Crippen molar-refractivity contribution in [3.8, 4) is 0 Å². The van der Waals surface area contributed by atoms with Crippen LogP contribution in [0.1, 0.15) is 46.0 Å². The Morgan fingerprint density at radius 1 is 0.788 bits per heavy atom. The van der Waals surface area contributed by atoms with Crippen LogP contribution in [0.15, 0.2) is 0 Å². The Morgan fingerprint density at radius 2 is 1.24 bits per heavy atom. The van der Waals surface area contributed by atoms with E-state index in [-0.39, 0.29) is 43.8 Å². The first-order valence-electron chi connectivity index (χ1n) is 10.3. The molecular weight excluding hydrogens is 456 g/mol. The molecule has 0 spiro atoms. The SMILES string of the molecule is CC(C)CC(NC(=O)C(N)CCC(N)=O)C(=O)NC(CS)C(=O)NC(CCC(N)=O)C(=O)O. The van der Waals surface area contributed by atoms with Crippen LogP contribution in [0.2, 0.25) is 0 Å². The molecule has 188 valence electrons. The molecule has 0 aromatic carbocycles. The van der Waals surface area contributed by atoms with Crippen molar-refractivity contribution >= 4 is 48.1 Å². The molecule has 0 aliphatic rings. The molecule has 0 heterocycles. The van der Waals surface area contributed by atoms with Gasteiger partial charge < -0.3 is 38.3 Å². The van der Waals surface area contributed by atoms with Crippen molar-refractivity contribution in [2.75, 3.05) is 5.75 Å². The first-order chi connectivity index (χ1) is 15.3. The highest BCUT2D eigenvalue weighted by Gasteiger charge is 2.30. The highest BCUT2D eigenvalue weighted by Crippen LogP contribution is 2.07. The monoisotopic (exact) mass is 490 g/mol. The summed E-state index contributed by atoms with van der Waals surface area (Å²) in [6.07, 6.45) is -0.358. The molecule has 0 saturated carbocycles. The number of rotatable bonds is 16. The van der Waals surface area contributed by atoms with Crippen molar-refractivity contribution in [2.24, 2.45) is 23.1 Å². The summed E-state index contributed by atoms with van der Waals surface area (Å²) >= 11 is 4.03. The van der Waals surface area contributed by atoms with Crippen LogP contribution in [0.5, 0.6) is 0 Å². The van der Waals surface area contributed by atoms with Crippen molar-refractivity contribution < 1.29 is 33.9 Å². The van der Waals surface area contributed by atoms with Crippen LogP contribution in [0.25, 0.3) is 0 Å². The lowest BCUT2D eigenvalue weighted by Crippen LogP contribution is -2.58. The Morgan fingerprint density at radius 3 is 1.70 bits per heavy atom. The Bertz CT molecular complexity index is 733. The number of nitrogens with one attached hydrogen (secondary N) is 3. The third kappa shape index (κ3) is 12.7. The highest BCUT2D eigenvalue weighted by molar-refractivity contribution is 7.80. The zero-order chi connectivity index (χ0) is 25.7. The van der Waals surface area contributed by atoms with Crippen LogP contribution in [-0.4, -0.2) is 70.5 Å². The maximum Gasteiger partial charge on any atom is 0.326 e. The van der Waals surface area contributed by atoms with E-state index in [9.17, 15) is 33.9 Å². The third-order valence-corrected chi connectivity index (χ3v) is 4.85. The lowest BCUT2D eigenvalue weighted by Gasteiger charge is -2.25. The molecule has 0 bridgehead atoms. The van der Waals surface area contributed by atoms with Gasteiger partial charge in [-0.05, 0) is 25.2 Å². The van der Waals surface area contributed by atoms with E-state index in [1.165, 1.54) is 0 Å². The van der Waals surface area contributed by atoms with Gasteiger partial charge in [0, 0.05) is 18.6 Å². The molecule has 33 heavy (non-hydrogen) atoms. The number of carbonyl (C=O) groups excluding carboxylic acids is 5. The summed E-state index contributed by atoms with van der Waals surface area (Å²) in [6, 6.07) is -4.71. The van der Waals surface area contributed by atoms with Gasteiger partial charge in [-0.1, -0.05) is 13.8 Å². The molecule has 4 atom stereocenters. The average molecular weight is 491 g/mol. The molecule has 10 N–H and O–H groups in total.